The molecule has 5 rings (SSSR count). The number of amides is 2. The number of aryl methyl sites for hydroxylation is 1. The van der Waals surface area contributed by atoms with Gasteiger partial charge in [0.15, 0.2) is 11.4 Å². The van der Waals surface area contributed by atoms with Crippen molar-refractivity contribution in [2.45, 2.75) is 25.7 Å². The number of carbonyl (C=O) groups excluding carboxylic acids is 3. The fourth-order valence-corrected chi connectivity index (χ4v) is 4.81. The molecular weight excluding hydrogens is 427 g/mol. The Kier molecular flexibility index (Phi) is 4.51. The molecule has 31 heavy (non-hydrogen) atoms. The number of rotatable bonds is 5. The van der Waals surface area contributed by atoms with Crippen LogP contribution in [-0.4, -0.2) is 44.5 Å². The molecule has 0 N–H and O–H groups in total. The number of carbonyl (C=O) groups is 3. The average molecular weight is 443 g/mol. The molecule has 1 fully saturated rings. The Morgan fingerprint density at radius 3 is 2.65 bits per heavy atom. The molecule has 11 heteroatoms. The number of nitrogens with zero attached hydrogens (tertiary/aromatic N) is 3. The molecule has 0 aliphatic carbocycles. The highest BCUT2D eigenvalue weighted by Crippen LogP contribution is 2.34. The van der Waals surface area contributed by atoms with Crippen molar-refractivity contribution >= 4 is 47.9 Å². The average Bonchev–Trinajstić information content (AvgIpc) is 3.50. The van der Waals surface area contributed by atoms with E-state index < -0.39 is 24.8 Å². The van der Waals surface area contributed by atoms with Crippen LogP contribution in [0.1, 0.15) is 35.5 Å². The normalized spacial score (nSPS) is 19.0. The third kappa shape index (κ3) is 3.16. The molecule has 3 aliphatic rings. The zero-order valence-corrected chi connectivity index (χ0v) is 17.0. The minimum atomic E-state index is -4.18. The zero-order valence-electron chi connectivity index (χ0n) is 16.2. The van der Waals surface area contributed by atoms with Crippen LogP contribution in [0.4, 0.5) is 8.63 Å². The number of halogens is 2. The lowest BCUT2D eigenvalue weighted by atomic mass is 9.90. The van der Waals surface area contributed by atoms with Crippen LogP contribution < -0.4 is 0 Å². The van der Waals surface area contributed by atoms with Gasteiger partial charge in [-0.05, 0) is 35.7 Å². The van der Waals surface area contributed by atoms with Gasteiger partial charge in [0.25, 0.3) is 11.8 Å². The monoisotopic (exact) mass is 443 g/mol. The number of imide groups is 1. The number of hydrogen-bond donors (Lipinski definition) is 0. The van der Waals surface area contributed by atoms with Gasteiger partial charge in [-0.15, -0.1) is 16.4 Å². The molecule has 0 bridgehead atoms. The second-order valence-electron chi connectivity index (χ2n) is 7.39. The summed E-state index contributed by atoms with van der Waals surface area (Å²) in [6, 6.07) is 6.75. The number of fused-ring (bicyclic) bond motifs is 2. The van der Waals surface area contributed by atoms with E-state index >= 15 is 8.63 Å². The summed E-state index contributed by atoms with van der Waals surface area (Å²) in [6.45, 7) is -4.18. The molecule has 158 valence electrons. The van der Waals surface area contributed by atoms with Gasteiger partial charge >= 0.3 is 12.9 Å². The third-order valence-corrected chi connectivity index (χ3v) is 6.35. The lowest BCUT2D eigenvalue weighted by Crippen LogP contribution is -2.50. The quantitative estimate of drug-likeness (QED) is 0.527. The van der Waals surface area contributed by atoms with E-state index in [1.807, 2.05) is 11.4 Å². The van der Waals surface area contributed by atoms with Crippen molar-refractivity contribution in [1.29, 1.82) is 0 Å². The fourth-order valence-electron chi connectivity index (χ4n) is 4.06. The predicted octanol–water partition coefficient (Wildman–Crippen LogP) is 2.74. The molecule has 3 aliphatic heterocycles. The summed E-state index contributed by atoms with van der Waals surface area (Å²) in [6.07, 6.45) is 4.75. The van der Waals surface area contributed by atoms with Crippen LogP contribution in [0, 0.1) is 0 Å². The summed E-state index contributed by atoms with van der Waals surface area (Å²) in [5.74, 6) is -1.98. The van der Waals surface area contributed by atoms with Crippen LogP contribution in [0.3, 0.4) is 0 Å². The van der Waals surface area contributed by atoms with Crippen molar-refractivity contribution < 1.29 is 32.3 Å². The second-order valence-corrected chi connectivity index (χ2v) is 8.34. The van der Waals surface area contributed by atoms with Crippen molar-refractivity contribution in [2.24, 2.45) is 0 Å². The van der Waals surface area contributed by atoms with Gasteiger partial charge in [0.1, 0.15) is 0 Å². The van der Waals surface area contributed by atoms with E-state index in [9.17, 15) is 14.4 Å². The molecule has 0 spiro atoms. The van der Waals surface area contributed by atoms with Gasteiger partial charge in [-0.25, -0.2) is 4.79 Å². The molecule has 0 aromatic carbocycles. The van der Waals surface area contributed by atoms with E-state index in [4.69, 9.17) is 4.84 Å². The highest BCUT2D eigenvalue weighted by Gasteiger charge is 2.52. The Morgan fingerprint density at radius 2 is 1.94 bits per heavy atom. The van der Waals surface area contributed by atoms with Crippen LogP contribution in [0.25, 0.3) is 6.08 Å². The predicted molar refractivity (Wildman–Crippen MR) is 109 cm³/mol. The topological polar surface area (TPSA) is 71.6 Å². The van der Waals surface area contributed by atoms with Crippen molar-refractivity contribution in [3.05, 3.63) is 63.8 Å². The molecule has 0 saturated carbocycles. The molecule has 5 heterocycles. The standard InChI is InChI=1S/C20H16BF2N3O4S/c22-21(23)24-13(6-10-20(29)30-26-18(27)8-9-19(26)28)3-4-14(24)12-15-5-7-16(25(15)21)17-2-1-11-31-17/h1-5,7,11-12H,6,8-10H2. The number of hydrogen-bond acceptors (Lipinski definition) is 5. The molecule has 0 radical (unpaired) electrons. The molecule has 2 aromatic heterocycles. The molecule has 2 amide bonds. The summed E-state index contributed by atoms with van der Waals surface area (Å²) >= 11 is 1.38. The first kappa shape index (κ1) is 19.6. The molecular formula is C20H16BF2N3O4S. The van der Waals surface area contributed by atoms with E-state index in [0.29, 0.717) is 22.2 Å². The number of aromatic nitrogens is 1. The van der Waals surface area contributed by atoms with Crippen molar-refractivity contribution in [3.8, 4) is 0 Å². The Hall–Kier alpha value is -3.34. The summed E-state index contributed by atoms with van der Waals surface area (Å²) in [5.41, 5.74) is 1.46. The largest absolute Gasteiger partial charge is 0.737 e. The van der Waals surface area contributed by atoms with Gasteiger partial charge in [0.05, 0.1) is 11.3 Å². The van der Waals surface area contributed by atoms with Gasteiger partial charge in [-0.2, -0.15) is 0 Å². The van der Waals surface area contributed by atoms with Gasteiger partial charge < -0.3 is 22.4 Å². The Labute approximate surface area is 179 Å². The Balaban J connectivity index is 1.40. The van der Waals surface area contributed by atoms with E-state index in [1.54, 1.807) is 36.4 Å². The van der Waals surface area contributed by atoms with Gasteiger partial charge in [-0.1, -0.05) is 6.07 Å². The molecule has 0 unspecified atom stereocenters. The van der Waals surface area contributed by atoms with Crippen LogP contribution in [-0.2, 0) is 25.6 Å². The summed E-state index contributed by atoms with van der Waals surface area (Å²) in [5, 5.41) is 2.29. The zero-order chi connectivity index (χ0) is 21.8. The number of hydroxylamine groups is 2. The van der Waals surface area contributed by atoms with Crippen molar-refractivity contribution in [2.75, 3.05) is 0 Å². The van der Waals surface area contributed by atoms with E-state index in [1.165, 1.54) is 11.3 Å². The summed E-state index contributed by atoms with van der Waals surface area (Å²) in [7, 11) is 0. The number of allylic oxidation sites excluding steroid dienone is 2. The maximum atomic E-state index is 15.7. The highest BCUT2D eigenvalue weighted by molar-refractivity contribution is 7.12. The van der Waals surface area contributed by atoms with E-state index in [2.05, 4.69) is 0 Å². The van der Waals surface area contributed by atoms with Gasteiger partial charge in [-0.3, -0.25) is 9.59 Å². The third-order valence-electron chi connectivity index (χ3n) is 5.46. The fraction of sp³-hybridized carbons (Fsp3) is 0.200. The van der Waals surface area contributed by atoms with Crippen molar-refractivity contribution in [1.82, 2.24) is 9.54 Å². The lowest BCUT2D eigenvalue weighted by Gasteiger charge is -2.30. The van der Waals surface area contributed by atoms with Crippen LogP contribution in [0.2, 0.25) is 0 Å². The van der Waals surface area contributed by atoms with E-state index in [-0.39, 0.29) is 31.4 Å². The molecule has 1 saturated heterocycles. The van der Waals surface area contributed by atoms with Crippen molar-refractivity contribution in [3.63, 3.8) is 0 Å². The Bertz CT molecular complexity index is 1200. The van der Waals surface area contributed by atoms with Crippen LogP contribution in [0.5, 0.6) is 0 Å². The number of thiophene rings is 1. The smallest absolute Gasteiger partial charge is 0.394 e. The maximum Gasteiger partial charge on any atom is 0.737 e. The SMILES string of the molecule is O=C(CCc1ccc2n1[B-](F)(F)[N+]1=C(c3cccs3)C=CC1=C2)ON1C(=O)CCC1=O. The summed E-state index contributed by atoms with van der Waals surface area (Å²) in [4.78, 5) is 40.8. The lowest BCUT2D eigenvalue weighted by molar-refractivity contribution is -0.360. The van der Waals surface area contributed by atoms with Crippen LogP contribution >= 0.6 is 11.3 Å². The minimum Gasteiger partial charge on any atom is -0.394 e. The maximum absolute atomic E-state index is 15.7. The minimum absolute atomic E-state index is 0.00528. The molecule has 7 nitrogen and oxygen atoms in total. The van der Waals surface area contributed by atoms with Crippen LogP contribution in [0.15, 0.2) is 47.5 Å². The first-order valence-electron chi connectivity index (χ1n) is 9.75. The summed E-state index contributed by atoms with van der Waals surface area (Å²) < 4.78 is 33.4. The van der Waals surface area contributed by atoms with Gasteiger partial charge in [0, 0.05) is 36.8 Å². The molecule has 2 aromatic rings. The first-order valence-corrected chi connectivity index (χ1v) is 10.6. The van der Waals surface area contributed by atoms with Gasteiger partial charge in [0.2, 0.25) is 0 Å². The first-order chi connectivity index (χ1) is 14.9. The highest BCUT2D eigenvalue weighted by atomic mass is 32.1. The van der Waals surface area contributed by atoms with E-state index in [0.717, 1.165) is 13.8 Å². The Morgan fingerprint density at radius 1 is 1.16 bits per heavy atom. The molecule has 0 atom stereocenters. The second kappa shape index (κ2) is 7.12.